The Morgan fingerprint density at radius 2 is 2.33 bits per heavy atom. The van der Waals surface area contributed by atoms with Crippen LogP contribution in [0.1, 0.15) is 23.4 Å². The summed E-state index contributed by atoms with van der Waals surface area (Å²) in [5.74, 6) is 0. The van der Waals surface area contributed by atoms with Crippen LogP contribution in [0.4, 0.5) is 5.69 Å². The van der Waals surface area contributed by atoms with Crippen molar-refractivity contribution >= 4 is 5.69 Å². The zero-order valence-corrected chi connectivity index (χ0v) is 10.9. The average Bonchev–Trinajstić information content (AvgIpc) is 2.37. The number of hydrogen-bond acceptors (Lipinski definition) is 4. The van der Waals surface area contributed by atoms with Crippen LogP contribution in [-0.2, 0) is 0 Å². The molecule has 4 nitrogen and oxygen atoms in total. The van der Waals surface area contributed by atoms with Gasteiger partial charge in [-0.05, 0) is 32.9 Å². The van der Waals surface area contributed by atoms with E-state index in [4.69, 9.17) is 0 Å². The van der Waals surface area contributed by atoms with Gasteiger partial charge in [0, 0.05) is 18.8 Å². The van der Waals surface area contributed by atoms with Gasteiger partial charge < -0.3 is 10.6 Å². The van der Waals surface area contributed by atoms with Gasteiger partial charge in [0.15, 0.2) is 0 Å². The highest BCUT2D eigenvalue weighted by Gasteiger charge is 2.09. The normalized spacial score (nSPS) is 14.8. The van der Waals surface area contributed by atoms with Crippen LogP contribution < -0.4 is 10.6 Å². The molecule has 0 atom stereocenters. The van der Waals surface area contributed by atoms with Gasteiger partial charge in [-0.25, -0.2) is 0 Å². The van der Waals surface area contributed by atoms with Gasteiger partial charge in [-0.2, -0.15) is 5.26 Å². The standard InChI is InChI=1S/C14H18N4/c1-10-7-14(13(8-15)11(2)18-10)17-9-12-3-5-16-6-4-12/h3,7,16H,4-6,9H2,1-2H3,(H,17,18). The lowest BCUT2D eigenvalue weighted by molar-refractivity contribution is 0.698. The van der Waals surface area contributed by atoms with Gasteiger partial charge in [0.1, 0.15) is 6.07 Å². The van der Waals surface area contributed by atoms with Crippen molar-refractivity contribution in [3.8, 4) is 6.07 Å². The number of aromatic nitrogens is 1. The van der Waals surface area contributed by atoms with Crippen LogP contribution in [0.5, 0.6) is 0 Å². The molecule has 0 unspecified atom stereocenters. The molecule has 0 saturated carbocycles. The number of anilines is 1. The number of rotatable bonds is 3. The van der Waals surface area contributed by atoms with Crippen molar-refractivity contribution in [3.05, 3.63) is 34.7 Å². The smallest absolute Gasteiger partial charge is 0.103 e. The molecule has 18 heavy (non-hydrogen) atoms. The van der Waals surface area contributed by atoms with Crippen molar-refractivity contribution in [1.82, 2.24) is 10.3 Å². The molecule has 4 heteroatoms. The number of nitriles is 1. The summed E-state index contributed by atoms with van der Waals surface area (Å²) in [5.41, 5.74) is 4.66. The third-order valence-corrected chi connectivity index (χ3v) is 3.10. The van der Waals surface area contributed by atoms with E-state index in [9.17, 15) is 5.26 Å². The summed E-state index contributed by atoms with van der Waals surface area (Å²) >= 11 is 0. The minimum atomic E-state index is 0.648. The molecular formula is C14H18N4. The minimum absolute atomic E-state index is 0.648. The second-order valence-corrected chi connectivity index (χ2v) is 4.55. The Hall–Kier alpha value is -1.86. The largest absolute Gasteiger partial charge is 0.380 e. The first kappa shape index (κ1) is 12.6. The summed E-state index contributed by atoms with van der Waals surface area (Å²) in [7, 11) is 0. The van der Waals surface area contributed by atoms with E-state index in [1.807, 2.05) is 19.9 Å². The topological polar surface area (TPSA) is 60.7 Å². The molecule has 2 heterocycles. The molecule has 1 aliphatic heterocycles. The van der Waals surface area contributed by atoms with Gasteiger partial charge in [0.2, 0.25) is 0 Å². The van der Waals surface area contributed by atoms with Crippen LogP contribution in [0.3, 0.4) is 0 Å². The minimum Gasteiger partial charge on any atom is -0.380 e. The van der Waals surface area contributed by atoms with Gasteiger partial charge in [-0.1, -0.05) is 11.6 Å². The molecule has 0 aliphatic carbocycles. The second kappa shape index (κ2) is 5.65. The monoisotopic (exact) mass is 242 g/mol. The maximum absolute atomic E-state index is 9.17. The third-order valence-electron chi connectivity index (χ3n) is 3.10. The van der Waals surface area contributed by atoms with Gasteiger partial charge >= 0.3 is 0 Å². The molecule has 0 aromatic carbocycles. The molecule has 1 aromatic heterocycles. The maximum Gasteiger partial charge on any atom is 0.103 e. The van der Waals surface area contributed by atoms with Crippen molar-refractivity contribution in [2.45, 2.75) is 20.3 Å². The van der Waals surface area contributed by atoms with Crippen LogP contribution in [0.15, 0.2) is 17.7 Å². The van der Waals surface area contributed by atoms with E-state index in [0.29, 0.717) is 5.56 Å². The Kier molecular flexibility index (Phi) is 3.96. The Morgan fingerprint density at radius 3 is 3.00 bits per heavy atom. The SMILES string of the molecule is Cc1cc(NCC2=CCNCC2)c(C#N)c(C)n1. The number of hydrogen-bond donors (Lipinski definition) is 2. The molecule has 1 aliphatic rings. The molecule has 0 radical (unpaired) electrons. The highest BCUT2D eigenvalue weighted by molar-refractivity contribution is 5.60. The zero-order chi connectivity index (χ0) is 13.0. The fourth-order valence-corrected chi connectivity index (χ4v) is 2.15. The number of nitrogens with one attached hydrogen (secondary N) is 2. The Morgan fingerprint density at radius 1 is 1.50 bits per heavy atom. The second-order valence-electron chi connectivity index (χ2n) is 4.55. The first-order chi connectivity index (χ1) is 8.70. The van der Waals surface area contributed by atoms with E-state index in [-0.39, 0.29) is 0 Å². The van der Waals surface area contributed by atoms with Crippen molar-refractivity contribution in [1.29, 1.82) is 5.26 Å². The lowest BCUT2D eigenvalue weighted by Crippen LogP contribution is -2.23. The van der Waals surface area contributed by atoms with Crippen molar-refractivity contribution in [3.63, 3.8) is 0 Å². The lowest BCUT2D eigenvalue weighted by atomic mass is 10.1. The van der Waals surface area contributed by atoms with E-state index in [2.05, 4.69) is 27.8 Å². The molecule has 94 valence electrons. The summed E-state index contributed by atoms with van der Waals surface area (Å²) < 4.78 is 0. The van der Waals surface area contributed by atoms with E-state index >= 15 is 0 Å². The quantitative estimate of drug-likeness (QED) is 0.795. The van der Waals surface area contributed by atoms with Gasteiger partial charge in [-0.15, -0.1) is 0 Å². The molecule has 0 fully saturated rings. The molecule has 1 aromatic rings. The molecule has 0 spiro atoms. The van der Waals surface area contributed by atoms with Crippen molar-refractivity contribution < 1.29 is 0 Å². The summed E-state index contributed by atoms with van der Waals surface area (Å²) in [6.45, 7) is 6.60. The average molecular weight is 242 g/mol. The first-order valence-corrected chi connectivity index (χ1v) is 6.21. The van der Waals surface area contributed by atoms with Crippen LogP contribution in [0.2, 0.25) is 0 Å². The van der Waals surface area contributed by atoms with E-state index in [0.717, 1.165) is 43.1 Å². The molecule has 0 amide bonds. The Balaban J connectivity index is 2.13. The van der Waals surface area contributed by atoms with Crippen LogP contribution in [0, 0.1) is 25.2 Å². The highest BCUT2D eigenvalue weighted by atomic mass is 14.9. The molecular weight excluding hydrogens is 224 g/mol. The number of nitrogens with zero attached hydrogens (tertiary/aromatic N) is 2. The summed E-state index contributed by atoms with van der Waals surface area (Å²) in [5, 5.41) is 15.8. The molecule has 2 N–H and O–H groups in total. The predicted octanol–water partition coefficient (Wildman–Crippen LogP) is 1.90. The zero-order valence-electron chi connectivity index (χ0n) is 10.9. The van der Waals surface area contributed by atoms with Gasteiger partial charge in [-0.3, -0.25) is 4.98 Å². The number of aryl methyl sites for hydroxylation is 2. The van der Waals surface area contributed by atoms with E-state index in [1.165, 1.54) is 5.57 Å². The molecule has 0 bridgehead atoms. The van der Waals surface area contributed by atoms with Gasteiger partial charge in [0.25, 0.3) is 0 Å². The van der Waals surface area contributed by atoms with Gasteiger partial charge in [0.05, 0.1) is 16.9 Å². The van der Waals surface area contributed by atoms with E-state index in [1.54, 1.807) is 0 Å². The summed E-state index contributed by atoms with van der Waals surface area (Å²) in [4.78, 5) is 4.31. The first-order valence-electron chi connectivity index (χ1n) is 6.21. The summed E-state index contributed by atoms with van der Waals surface area (Å²) in [6.07, 6.45) is 3.28. The molecule has 2 rings (SSSR count). The van der Waals surface area contributed by atoms with Crippen molar-refractivity contribution in [2.75, 3.05) is 25.0 Å². The van der Waals surface area contributed by atoms with Crippen molar-refractivity contribution in [2.24, 2.45) is 0 Å². The third kappa shape index (κ3) is 2.88. The Labute approximate surface area is 108 Å². The maximum atomic E-state index is 9.17. The lowest BCUT2D eigenvalue weighted by Gasteiger charge is -2.16. The fourth-order valence-electron chi connectivity index (χ4n) is 2.15. The molecule has 0 saturated heterocycles. The van der Waals surface area contributed by atoms with Crippen LogP contribution >= 0.6 is 0 Å². The Bertz CT molecular complexity index is 511. The summed E-state index contributed by atoms with van der Waals surface area (Å²) in [6, 6.07) is 4.16. The number of pyridine rings is 1. The van der Waals surface area contributed by atoms with Crippen LogP contribution in [-0.4, -0.2) is 24.6 Å². The predicted molar refractivity (Wildman–Crippen MR) is 72.5 cm³/mol. The fraction of sp³-hybridized carbons (Fsp3) is 0.429. The van der Waals surface area contributed by atoms with E-state index < -0.39 is 0 Å². The highest BCUT2D eigenvalue weighted by Crippen LogP contribution is 2.19. The van der Waals surface area contributed by atoms with Crippen LogP contribution in [0.25, 0.3) is 0 Å².